The second kappa shape index (κ2) is 7.54. The largest absolute Gasteiger partial charge is 0.295 e. The summed E-state index contributed by atoms with van der Waals surface area (Å²) in [5.41, 5.74) is 4.76. The Morgan fingerprint density at radius 3 is 2.55 bits per heavy atom. The first-order valence-electron chi connectivity index (χ1n) is 10.4. The minimum atomic E-state index is 0.434. The first-order valence-corrected chi connectivity index (χ1v) is 10.8. The molecule has 1 saturated carbocycles. The molecule has 0 amide bonds. The van der Waals surface area contributed by atoms with Gasteiger partial charge in [-0.15, -0.1) is 10.2 Å². The van der Waals surface area contributed by atoms with Crippen molar-refractivity contribution in [2.24, 2.45) is 0 Å². The highest BCUT2D eigenvalue weighted by atomic mass is 35.5. The van der Waals surface area contributed by atoms with Crippen molar-refractivity contribution in [1.82, 2.24) is 24.6 Å². The number of hydrogen-bond acceptors (Lipinski definition) is 4. The topological polar surface area (TPSA) is 46.8 Å². The van der Waals surface area contributed by atoms with Gasteiger partial charge >= 0.3 is 0 Å². The monoisotopic (exact) mass is 407 g/mol. The molecule has 3 aromatic rings. The van der Waals surface area contributed by atoms with Crippen molar-refractivity contribution in [3.05, 3.63) is 70.0 Å². The summed E-state index contributed by atoms with van der Waals surface area (Å²) in [6, 6.07) is 12.5. The molecule has 0 atom stereocenters. The number of aromatic nitrogens is 4. The summed E-state index contributed by atoms with van der Waals surface area (Å²) in [6.07, 6.45) is 4.54. The summed E-state index contributed by atoms with van der Waals surface area (Å²) in [6.45, 7) is 3.73. The molecule has 1 aliphatic carbocycles. The van der Waals surface area contributed by atoms with Gasteiger partial charge in [-0.05, 0) is 75.5 Å². The van der Waals surface area contributed by atoms with Crippen LogP contribution in [0.4, 0.5) is 0 Å². The summed E-state index contributed by atoms with van der Waals surface area (Å²) in [5, 5.41) is 10.0. The van der Waals surface area contributed by atoms with Crippen LogP contribution in [0.1, 0.15) is 66.1 Å². The minimum Gasteiger partial charge on any atom is -0.295 e. The Morgan fingerprint density at radius 1 is 0.966 bits per heavy atom. The van der Waals surface area contributed by atoms with Crippen LogP contribution in [0.25, 0.3) is 5.69 Å². The van der Waals surface area contributed by atoms with Gasteiger partial charge in [0.25, 0.3) is 0 Å². The lowest BCUT2D eigenvalue weighted by molar-refractivity contribution is 0.315. The van der Waals surface area contributed by atoms with E-state index < -0.39 is 0 Å². The number of rotatable bonds is 2. The van der Waals surface area contributed by atoms with Crippen LogP contribution >= 0.6 is 11.6 Å². The van der Waals surface area contributed by atoms with E-state index in [4.69, 9.17) is 16.6 Å². The lowest BCUT2D eigenvalue weighted by Gasteiger charge is -2.28. The molecule has 5 rings (SSSR count). The Kier molecular flexibility index (Phi) is 4.88. The van der Waals surface area contributed by atoms with Crippen LogP contribution in [0.3, 0.4) is 0 Å². The van der Waals surface area contributed by atoms with Gasteiger partial charge in [0.1, 0.15) is 5.82 Å². The standard InChI is InChI=1S/C23H26ClN5/c1-15-4-3-5-20(25-15)16-6-8-17(9-7-16)23-27-26-22-14-28(2)13-18-12-19(24)10-11-21(18)29(22)23/h3-5,10-12,16-17H,6-9,13-14H2,1-2H3/t16-,17-. The number of pyridine rings is 1. The molecule has 5 nitrogen and oxygen atoms in total. The summed E-state index contributed by atoms with van der Waals surface area (Å²) in [4.78, 5) is 7.03. The van der Waals surface area contributed by atoms with Crippen molar-refractivity contribution in [1.29, 1.82) is 0 Å². The van der Waals surface area contributed by atoms with Gasteiger partial charge in [0.2, 0.25) is 0 Å². The molecule has 150 valence electrons. The third-order valence-corrected chi connectivity index (χ3v) is 6.54. The average molecular weight is 408 g/mol. The molecule has 2 aromatic heterocycles. The van der Waals surface area contributed by atoms with E-state index in [9.17, 15) is 0 Å². The molecular formula is C23H26ClN5. The Bertz CT molecular complexity index is 1040. The zero-order valence-electron chi connectivity index (χ0n) is 17.0. The summed E-state index contributed by atoms with van der Waals surface area (Å²) >= 11 is 6.29. The summed E-state index contributed by atoms with van der Waals surface area (Å²) < 4.78 is 2.30. The van der Waals surface area contributed by atoms with Gasteiger partial charge in [0, 0.05) is 34.8 Å². The zero-order chi connectivity index (χ0) is 20.0. The molecule has 2 aliphatic rings. The van der Waals surface area contributed by atoms with Gasteiger partial charge in [0.05, 0.1) is 12.2 Å². The molecule has 1 aromatic carbocycles. The Hall–Kier alpha value is -2.24. The van der Waals surface area contributed by atoms with E-state index >= 15 is 0 Å². The van der Waals surface area contributed by atoms with Crippen LogP contribution in [0.15, 0.2) is 36.4 Å². The van der Waals surface area contributed by atoms with Crippen molar-refractivity contribution in [2.75, 3.05) is 7.05 Å². The van der Waals surface area contributed by atoms with E-state index in [1.54, 1.807) is 0 Å². The van der Waals surface area contributed by atoms with Gasteiger partial charge in [0.15, 0.2) is 5.82 Å². The van der Waals surface area contributed by atoms with E-state index in [1.807, 2.05) is 6.07 Å². The summed E-state index contributed by atoms with van der Waals surface area (Å²) in [5.74, 6) is 3.11. The van der Waals surface area contributed by atoms with E-state index in [1.165, 1.54) is 16.9 Å². The van der Waals surface area contributed by atoms with Crippen molar-refractivity contribution >= 4 is 11.6 Å². The number of benzene rings is 1. The van der Waals surface area contributed by atoms with Crippen LogP contribution in [0.2, 0.25) is 5.02 Å². The highest BCUT2D eigenvalue weighted by molar-refractivity contribution is 6.30. The third kappa shape index (κ3) is 3.58. The molecular weight excluding hydrogens is 382 g/mol. The number of hydrogen-bond donors (Lipinski definition) is 0. The van der Waals surface area contributed by atoms with Gasteiger partial charge in [-0.25, -0.2) is 0 Å². The number of halogens is 1. The zero-order valence-corrected chi connectivity index (χ0v) is 17.7. The van der Waals surface area contributed by atoms with Crippen LogP contribution in [-0.2, 0) is 13.1 Å². The molecule has 3 heterocycles. The summed E-state index contributed by atoms with van der Waals surface area (Å²) in [7, 11) is 2.12. The maximum Gasteiger partial charge on any atom is 0.151 e. The van der Waals surface area contributed by atoms with Crippen LogP contribution in [-0.4, -0.2) is 31.7 Å². The fourth-order valence-electron chi connectivity index (χ4n) is 4.89. The Labute approximate surface area is 176 Å². The lowest BCUT2D eigenvalue weighted by atomic mass is 9.80. The molecule has 6 heteroatoms. The van der Waals surface area contributed by atoms with E-state index in [0.717, 1.165) is 61.1 Å². The van der Waals surface area contributed by atoms with E-state index in [2.05, 4.69) is 64.0 Å². The van der Waals surface area contributed by atoms with E-state index in [0.29, 0.717) is 11.8 Å². The minimum absolute atomic E-state index is 0.434. The second-order valence-electron chi connectivity index (χ2n) is 8.51. The smallest absolute Gasteiger partial charge is 0.151 e. The Morgan fingerprint density at radius 2 is 1.76 bits per heavy atom. The molecule has 29 heavy (non-hydrogen) atoms. The third-order valence-electron chi connectivity index (χ3n) is 6.31. The van der Waals surface area contributed by atoms with Gasteiger partial charge in [-0.1, -0.05) is 17.7 Å². The first kappa shape index (κ1) is 18.8. The quantitative estimate of drug-likeness (QED) is 0.599. The maximum absolute atomic E-state index is 6.29. The number of fused-ring (bicyclic) bond motifs is 3. The predicted molar refractivity (Wildman–Crippen MR) is 114 cm³/mol. The second-order valence-corrected chi connectivity index (χ2v) is 8.94. The maximum atomic E-state index is 6.29. The molecule has 0 radical (unpaired) electrons. The van der Waals surface area contributed by atoms with Gasteiger partial charge in [-0.2, -0.15) is 0 Å². The van der Waals surface area contributed by atoms with Crippen LogP contribution in [0.5, 0.6) is 0 Å². The molecule has 1 aliphatic heterocycles. The van der Waals surface area contributed by atoms with Crippen molar-refractivity contribution in [3.63, 3.8) is 0 Å². The van der Waals surface area contributed by atoms with Crippen molar-refractivity contribution < 1.29 is 0 Å². The molecule has 0 unspecified atom stereocenters. The van der Waals surface area contributed by atoms with Gasteiger partial charge in [-0.3, -0.25) is 14.5 Å². The molecule has 0 N–H and O–H groups in total. The predicted octanol–water partition coefficient (Wildman–Crippen LogP) is 5.01. The van der Waals surface area contributed by atoms with Crippen LogP contribution in [0, 0.1) is 6.92 Å². The van der Waals surface area contributed by atoms with Gasteiger partial charge < -0.3 is 0 Å². The highest BCUT2D eigenvalue weighted by Gasteiger charge is 2.30. The fraction of sp³-hybridized carbons (Fsp3) is 0.435. The van der Waals surface area contributed by atoms with Crippen molar-refractivity contribution in [2.45, 2.75) is 57.5 Å². The molecule has 0 spiro atoms. The molecule has 0 saturated heterocycles. The Balaban J connectivity index is 1.44. The van der Waals surface area contributed by atoms with Crippen LogP contribution < -0.4 is 0 Å². The number of nitrogens with zero attached hydrogens (tertiary/aromatic N) is 5. The SMILES string of the molecule is Cc1cccc([C@H]2CC[C@H](c3nnc4n3-c3ccc(Cl)cc3CN(C)C4)CC2)n1. The molecule has 1 fully saturated rings. The molecule has 0 bridgehead atoms. The first-order chi connectivity index (χ1) is 14.1. The average Bonchev–Trinajstić information content (AvgIpc) is 3.05. The normalized spacial score (nSPS) is 22.0. The lowest BCUT2D eigenvalue weighted by Crippen LogP contribution is -2.17. The number of aryl methyl sites for hydroxylation is 1. The van der Waals surface area contributed by atoms with E-state index in [-0.39, 0.29) is 0 Å². The fourth-order valence-corrected chi connectivity index (χ4v) is 5.08. The van der Waals surface area contributed by atoms with Crippen molar-refractivity contribution in [3.8, 4) is 5.69 Å². The highest BCUT2D eigenvalue weighted by Crippen LogP contribution is 2.41.